The van der Waals surface area contributed by atoms with Gasteiger partial charge in [-0.2, -0.15) is 0 Å². The van der Waals surface area contributed by atoms with Crippen LogP contribution < -0.4 is 26.2 Å². The fraction of sp³-hybridized carbons (Fsp3) is 0.0323. The zero-order valence-corrected chi connectivity index (χ0v) is 19.2. The van der Waals surface area contributed by atoms with E-state index in [9.17, 15) is 5.11 Å². The molecule has 2 heterocycles. The molecule has 4 heteroatoms. The number of rotatable bonds is 3. The maximum atomic E-state index is 9.58. The predicted octanol–water partition coefficient (Wildman–Crippen LogP) is 5.26. The van der Waals surface area contributed by atoms with Crippen LogP contribution in [0.25, 0.3) is 0 Å². The molecule has 3 nitrogen and oxygen atoms in total. The van der Waals surface area contributed by atoms with Crippen LogP contribution in [0, 0.1) is 0 Å². The molecule has 1 N–H and O–H groups in total. The van der Waals surface area contributed by atoms with Gasteiger partial charge in [0.15, 0.2) is 0 Å². The third-order valence-corrected chi connectivity index (χ3v) is 7.20. The molecule has 0 saturated heterocycles. The van der Waals surface area contributed by atoms with Gasteiger partial charge < -0.3 is 14.9 Å². The Kier molecular flexibility index (Phi) is 4.54. The Labute approximate surface area is 205 Å². The molecule has 0 saturated carbocycles. The summed E-state index contributed by atoms with van der Waals surface area (Å²) in [5.41, 5.74) is 11.9. The van der Waals surface area contributed by atoms with Crippen LogP contribution in [-0.2, 0) is 6.61 Å². The highest BCUT2D eigenvalue weighted by atomic mass is 16.3. The van der Waals surface area contributed by atoms with Gasteiger partial charge in [0, 0.05) is 34.1 Å². The van der Waals surface area contributed by atoms with Gasteiger partial charge in [-0.1, -0.05) is 72.8 Å². The fourth-order valence-electron chi connectivity index (χ4n) is 5.72. The minimum absolute atomic E-state index is 0.0441. The van der Waals surface area contributed by atoms with Gasteiger partial charge in [-0.15, -0.1) is 0 Å². The minimum atomic E-state index is 0.0441. The van der Waals surface area contributed by atoms with Crippen LogP contribution in [0.5, 0.6) is 0 Å². The largest absolute Gasteiger partial charge is 0.392 e. The van der Waals surface area contributed by atoms with Gasteiger partial charge in [0.2, 0.25) is 0 Å². The lowest BCUT2D eigenvalue weighted by molar-refractivity contribution is 0.282. The van der Waals surface area contributed by atoms with Crippen LogP contribution in [0.1, 0.15) is 5.56 Å². The van der Waals surface area contributed by atoms with Crippen molar-refractivity contribution in [3.05, 3.63) is 127 Å². The van der Waals surface area contributed by atoms with E-state index in [1.54, 1.807) is 0 Å². The standard InChI is InChI=1S/C31H23BN2O/c35-21-22-17-19-24(20-18-22)34-28-14-7-5-12-26(28)32-25-11-4-6-13-27(25)33(23-9-2-1-3-10-23)29-15-8-16-30(34)31(29)32/h1-20,35H,21H2. The molecule has 35 heavy (non-hydrogen) atoms. The second-order valence-corrected chi connectivity index (χ2v) is 9.09. The number of fused-ring (bicyclic) bond motifs is 4. The molecule has 0 radical (unpaired) electrons. The van der Waals surface area contributed by atoms with Gasteiger partial charge in [-0.3, -0.25) is 0 Å². The van der Waals surface area contributed by atoms with E-state index in [2.05, 4.69) is 119 Å². The first-order valence-corrected chi connectivity index (χ1v) is 12.0. The molecule has 7 rings (SSSR count). The monoisotopic (exact) mass is 450 g/mol. The molecule has 0 spiro atoms. The van der Waals surface area contributed by atoms with Gasteiger partial charge in [-0.25, -0.2) is 0 Å². The highest BCUT2D eigenvalue weighted by Crippen LogP contribution is 2.43. The Morgan fingerprint density at radius 3 is 1.54 bits per heavy atom. The van der Waals surface area contributed by atoms with E-state index < -0.39 is 0 Å². The van der Waals surface area contributed by atoms with E-state index in [1.165, 1.54) is 39.1 Å². The quantitative estimate of drug-likeness (QED) is 0.372. The van der Waals surface area contributed by atoms with Gasteiger partial charge in [0.25, 0.3) is 6.71 Å². The number of hydrogen-bond donors (Lipinski definition) is 1. The predicted molar refractivity (Wildman–Crippen MR) is 146 cm³/mol. The maximum absolute atomic E-state index is 9.58. The first kappa shape index (κ1) is 20.1. The normalized spacial score (nSPS) is 13.2. The van der Waals surface area contributed by atoms with E-state index in [4.69, 9.17) is 0 Å². The highest BCUT2D eigenvalue weighted by molar-refractivity contribution is 7.00. The number of hydrogen-bond acceptors (Lipinski definition) is 3. The zero-order chi connectivity index (χ0) is 23.4. The van der Waals surface area contributed by atoms with Gasteiger partial charge in [-0.05, 0) is 70.5 Å². The Morgan fingerprint density at radius 1 is 0.486 bits per heavy atom. The van der Waals surface area contributed by atoms with Crippen LogP contribution in [0.4, 0.5) is 34.1 Å². The SMILES string of the molecule is OCc1ccc(N2c3ccccc3B3c4ccccc4N(c4ccccc4)c4cccc2c43)cc1. The first-order chi connectivity index (χ1) is 17.3. The Bertz CT molecular complexity index is 1550. The lowest BCUT2D eigenvalue weighted by atomic mass is 9.33. The molecule has 2 aliphatic heterocycles. The molecule has 5 aromatic rings. The molecular weight excluding hydrogens is 427 g/mol. The summed E-state index contributed by atoms with van der Waals surface area (Å²) in [6, 6.07) is 43.0. The molecule has 0 aromatic heterocycles. The van der Waals surface area contributed by atoms with E-state index in [-0.39, 0.29) is 13.3 Å². The van der Waals surface area contributed by atoms with Crippen molar-refractivity contribution in [3.63, 3.8) is 0 Å². The number of aliphatic hydroxyl groups excluding tert-OH is 1. The third kappa shape index (κ3) is 2.97. The van der Waals surface area contributed by atoms with Crippen molar-refractivity contribution in [2.75, 3.05) is 9.80 Å². The molecule has 2 aliphatic rings. The van der Waals surface area contributed by atoms with E-state index in [0.717, 1.165) is 16.9 Å². The molecule has 0 amide bonds. The summed E-state index contributed by atoms with van der Waals surface area (Å²) < 4.78 is 0. The van der Waals surface area contributed by atoms with Crippen LogP contribution in [0.3, 0.4) is 0 Å². The number of nitrogens with zero attached hydrogens (tertiary/aromatic N) is 2. The lowest BCUT2D eigenvalue weighted by Gasteiger charge is -2.44. The van der Waals surface area contributed by atoms with Crippen molar-refractivity contribution in [1.82, 2.24) is 0 Å². The summed E-state index contributed by atoms with van der Waals surface area (Å²) in [6.45, 7) is 0.198. The summed E-state index contributed by atoms with van der Waals surface area (Å²) in [5.74, 6) is 0. The second-order valence-electron chi connectivity index (χ2n) is 9.09. The van der Waals surface area contributed by atoms with Crippen molar-refractivity contribution in [2.24, 2.45) is 0 Å². The highest BCUT2D eigenvalue weighted by Gasteiger charge is 2.42. The van der Waals surface area contributed by atoms with Crippen molar-refractivity contribution in [3.8, 4) is 0 Å². The molecule has 0 fully saturated rings. The third-order valence-electron chi connectivity index (χ3n) is 7.20. The molecule has 0 unspecified atom stereocenters. The van der Waals surface area contributed by atoms with E-state index in [1.807, 2.05) is 12.1 Å². The van der Waals surface area contributed by atoms with E-state index >= 15 is 0 Å². The average molecular weight is 450 g/mol. The zero-order valence-electron chi connectivity index (χ0n) is 19.2. The summed E-state index contributed by atoms with van der Waals surface area (Å²) >= 11 is 0. The first-order valence-electron chi connectivity index (χ1n) is 12.0. The van der Waals surface area contributed by atoms with Crippen LogP contribution in [-0.4, -0.2) is 11.8 Å². The summed E-state index contributed by atoms with van der Waals surface area (Å²) in [7, 11) is 0. The van der Waals surface area contributed by atoms with Crippen molar-refractivity contribution in [1.29, 1.82) is 0 Å². The minimum Gasteiger partial charge on any atom is -0.392 e. The molecule has 0 aliphatic carbocycles. The van der Waals surface area contributed by atoms with Crippen molar-refractivity contribution in [2.45, 2.75) is 6.61 Å². The summed E-state index contributed by atoms with van der Waals surface area (Å²) in [5, 5.41) is 9.58. The summed E-state index contributed by atoms with van der Waals surface area (Å²) in [6.07, 6.45) is 0. The topological polar surface area (TPSA) is 26.7 Å². The molecule has 0 bridgehead atoms. The van der Waals surface area contributed by atoms with Gasteiger partial charge >= 0.3 is 0 Å². The molecule has 166 valence electrons. The van der Waals surface area contributed by atoms with E-state index in [0.29, 0.717) is 0 Å². The number of para-hydroxylation sites is 3. The van der Waals surface area contributed by atoms with Crippen molar-refractivity contribution >= 4 is 57.2 Å². The summed E-state index contributed by atoms with van der Waals surface area (Å²) in [4.78, 5) is 4.76. The number of benzene rings is 5. The average Bonchev–Trinajstić information content (AvgIpc) is 2.93. The number of anilines is 6. The smallest absolute Gasteiger partial charge is 0.252 e. The Morgan fingerprint density at radius 2 is 0.971 bits per heavy atom. The second kappa shape index (κ2) is 7.90. The van der Waals surface area contributed by atoms with Gasteiger partial charge in [0.1, 0.15) is 0 Å². The molecular formula is C31H23BN2O. The fourth-order valence-corrected chi connectivity index (χ4v) is 5.72. The van der Waals surface area contributed by atoms with Crippen LogP contribution >= 0.6 is 0 Å². The van der Waals surface area contributed by atoms with Crippen molar-refractivity contribution < 1.29 is 5.11 Å². The molecule has 5 aromatic carbocycles. The van der Waals surface area contributed by atoms with Crippen LogP contribution in [0.2, 0.25) is 0 Å². The van der Waals surface area contributed by atoms with Gasteiger partial charge in [0.05, 0.1) is 6.61 Å². The van der Waals surface area contributed by atoms with Crippen LogP contribution in [0.15, 0.2) is 121 Å². The number of aliphatic hydroxyl groups is 1. The Hall–Kier alpha value is -4.28. The Balaban J connectivity index is 1.54. The molecule has 0 atom stereocenters. The maximum Gasteiger partial charge on any atom is 0.252 e. The lowest BCUT2D eigenvalue weighted by Crippen LogP contribution is -2.61.